The van der Waals surface area contributed by atoms with Gasteiger partial charge in [-0.15, -0.1) is 0 Å². The number of methoxy groups -OCH3 is 2. The summed E-state index contributed by atoms with van der Waals surface area (Å²) in [6, 6.07) is 25.0. The number of benzene rings is 3. The molecule has 59 heavy (non-hydrogen) atoms. The van der Waals surface area contributed by atoms with Gasteiger partial charge in [0, 0.05) is 57.3 Å². The zero-order valence-electron chi connectivity index (χ0n) is 35.0. The number of aliphatic hydroxyl groups is 1. The average molecular weight is 810 g/mol. The molecule has 1 aliphatic heterocycles. The van der Waals surface area contributed by atoms with Crippen LogP contribution in [0.15, 0.2) is 91.1 Å². The van der Waals surface area contributed by atoms with Gasteiger partial charge in [-0.1, -0.05) is 101 Å². The van der Waals surface area contributed by atoms with E-state index in [1.165, 1.54) is 7.11 Å². The molecule has 0 bridgehead atoms. The van der Waals surface area contributed by atoms with E-state index in [1.807, 2.05) is 113 Å². The number of carbonyl (C=O) groups excluding carboxylic acids is 4. The Balaban J connectivity index is 1.36. The number of urea groups is 1. The number of hydrogen-bond donors (Lipinski definition) is 4. The molecule has 0 radical (unpaired) electrons. The third kappa shape index (κ3) is 12.4. The van der Waals surface area contributed by atoms with E-state index < -0.39 is 29.7 Å². The highest BCUT2D eigenvalue weighted by Crippen LogP contribution is 2.25. The SMILES string of the molecule is CCC(C)C(C(=O)NC(Cc1ccccc1)C(O)CN(Cc1ccc(OC)cc1)NC(=O)CC(C)(C)CNC(=O)OC)N1CCN(Cc2cccc3cccnc23)C1=O. The molecule has 5 rings (SSSR count). The van der Waals surface area contributed by atoms with Crippen LogP contribution < -0.4 is 20.8 Å². The second-order valence-electron chi connectivity index (χ2n) is 16.0. The quantitative estimate of drug-likeness (QED) is 0.0869. The number of aromatic nitrogens is 1. The second-order valence-corrected chi connectivity index (χ2v) is 16.0. The Kier molecular flexibility index (Phi) is 15.6. The number of alkyl carbamates (subject to hydrolysis) is 1. The van der Waals surface area contributed by atoms with Crippen LogP contribution in [0.2, 0.25) is 0 Å². The van der Waals surface area contributed by atoms with E-state index in [0.717, 1.165) is 27.6 Å². The van der Waals surface area contributed by atoms with Crippen LogP contribution in [0.25, 0.3) is 10.9 Å². The van der Waals surface area contributed by atoms with Crippen LogP contribution in [0.3, 0.4) is 0 Å². The van der Waals surface area contributed by atoms with Gasteiger partial charge in [-0.05, 0) is 52.6 Å². The van der Waals surface area contributed by atoms with Crippen LogP contribution in [0.5, 0.6) is 5.75 Å². The molecule has 0 spiro atoms. The first-order valence-electron chi connectivity index (χ1n) is 20.2. The number of amides is 5. The van der Waals surface area contributed by atoms with Crippen molar-refractivity contribution in [3.63, 3.8) is 0 Å². The molecule has 3 aromatic carbocycles. The number of ether oxygens (including phenoxy) is 2. The molecule has 4 N–H and O–H groups in total. The van der Waals surface area contributed by atoms with Gasteiger partial charge in [0.2, 0.25) is 11.8 Å². The first-order valence-corrected chi connectivity index (χ1v) is 20.2. The Hall–Kier alpha value is -5.73. The summed E-state index contributed by atoms with van der Waals surface area (Å²) in [6.07, 6.45) is 1.00. The van der Waals surface area contributed by atoms with Crippen LogP contribution >= 0.6 is 0 Å². The van der Waals surface area contributed by atoms with E-state index >= 15 is 0 Å². The summed E-state index contributed by atoms with van der Waals surface area (Å²) in [5.74, 6) is -0.183. The Bertz CT molecular complexity index is 2010. The molecule has 316 valence electrons. The molecule has 1 aromatic heterocycles. The molecule has 0 aliphatic carbocycles. The fourth-order valence-corrected chi connectivity index (χ4v) is 7.41. The largest absolute Gasteiger partial charge is 0.497 e. The standard InChI is InChI=1S/C45H59N7O7/c1-7-31(2)41(52-24-23-50(44(52)57)28-35-16-11-15-34-17-12-22-46-40(34)35)42(55)48-37(25-32-13-9-8-10-14-32)38(53)29-51(27-33-18-20-36(58-5)21-19-33)49-39(54)26-45(3,4)30-47-43(56)59-6/h8-22,31,37-38,41,53H,7,23-30H2,1-6H3,(H,47,56)(H,48,55)(H,49,54). The van der Waals surface area contributed by atoms with Crippen LogP contribution in [-0.2, 0) is 33.8 Å². The molecule has 4 unspecified atom stereocenters. The predicted molar refractivity (Wildman–Crippen MR) is 226 cm³/mol. The predicted octanol–water partition coefficient (Wildman–Crippen LogP) is 5.29. The van der Waals surface area contributed by atoms with Gasteiger partial charge in [-0.3, -0.25) is 20.0 Å². The van der Waals surface area contributed by atoms with Crippen molar-refractivity contribution in [1.82, 2.24) is 35.9 Å². The third-order valence-electron chi connectivity index (χ3n) is 10.8. The molecule has 4 atom stereocenters. The molecule has 14 heteroatoms. The Morgan fingerprint density at radius 1 is 0.949 bits per heavy atom. The minimum atomic E-state index is -1.16. The average Bonchev–Trinajstić information content (AvgIpc) is 3.58. The van der Waals surface area contributed by atoms with Crippen molar-refractivity contribution >= 4 is 34.8 Å². The van der Waals surface area contributed by atoms with Crippen LogP contribution in [0, 0.1) is 11.3 Å². The number of hydrazine groups is 1. The number of pyridine rings is 1. The van der Waals surface area contributed by atoms with Gasteiger partial charge in [-0.25, -0.2) is 14.6 Å². The fourth-order valence-electron chi connectivity index (χ4n) is 7.41. The number of hydrogen-bond acceptors (Lipinski definition) is 9. The highest BCUT2D eigenvalue weighted by molar-refractivity contribution is 5.89. The molecule has 5 amide bonds. The Labute approximate surface area is 347 Å². The van der Waals surface area contributed by atoms with Crippen molar-refractivity contribution in [2.24, 2.45) is 11.3 Å². The summed E-state index contributed by atoms with van der Waals surface area (Å²) in [6.45, 7) is 9.26. The lowest BCUT2D eigenvalue weighted by atomic mass is 9.89. The van der Waals surface area contributed by atoms with Crippen molar-refractivity contribution in [2.45, 2.75) is 78.2 Å². The highest BCUT2D eigenvalue weighted by atomic mass is 16.5. The van der Waals surface area contributed by atoms with Gasteiger partial charge >= 0.3 is 12.1 Å². The number of fused-ring (bicyclic) bond motifs is 1. The van der Waals surface area contributed by atoms with E-state index in [2.05, 4.69) is 21.0 Å². The van der Waals surface area contributed by atoms with Crippen LogP contribution in [0.1, 0.15) is 57.2 Å². The van der Waals surface area contributed by atoms with Gasteiger partial charge < -0.3 is 35.0 Å². The first-order chi connectivity index (χ1) is 28.3. The van der Waals surface area contributed by atoms with Gasteiger partial charge in [0.1, 0.15) is 11.8 Å². The molecule has 14 nitrogen and oxygen atoms in total. The topological polar surface area (TPSA) is 166 Å². The minimum Gasteiger partial charge on any atom is -0.497 e. The van der Waals surface area contributed by atoms with Gasteiger partial charge in [0.15, 0.2) is 0 Å². The molecular weight excluding hydrogens is 751 g/mol. The number of carbonyl (C=O) groups is 4. The number of aliphatic hydroxyl groups excluding tert-OH is 1. The Morgan fingerprint density at radius 2 is 1.68 bits per heavy atom. The summed E-state index contributed by atoms with van der Waals surface area (Å²) in [4.78, 5) is 61.9. The van der Waals surface area contributed by atoms with E-state index in [4.69, 9.17) is 9.47 Å². The van der Waals surface area contributed by atoms with E-state index in [9.17, 15) is 24.3 Å². The molecule has 4 aromatic rings. The van der Waals surface area contributed by atoms with Crippen molar-refractivity contribution in [3.05, 3.63) is 108 Å². The molecule has 1 fully saturated rings. The maximum atomic E-state index is 14.5. The molecule has 0 saturated carbocycles. The van der Waals surface area contributed by atoms with Crippen LogP contribution in [0.4, 0.5) is 9.59 Å². The molecule has 1 saturated heterocycles. The summed E-state index contributed by atoms with van der Waals surface area (Å²) >= 11 is 0. The van der Waals surface area contributed by atoms with E-state index in [0.29, 0.717) is 38.2 Å². The lowest BCUT2D eigenvalue weighted by Crippen LogP contribution is -2.58. The smallest absolute Gasteiger partial charge is 0.406 e. The minimum absolute atomic E-state index is 0.0418. The van der Waals surface area contributed by atoms with Crippen LogP contribution in [-0.4, -0.2) is 107 Å². The Morgan fingerprint density at radius 3 is 2.37 bits per heavy atom. The van der Waals surface area contributed by atoms with E-state index in [1.54, 1.807) is 28.1 Å². The third-order valence-corrected chi connectivity index (χ3v) is 10.8. The van der Waals surface area contributed by atoms with Crippen molar-refractivity contribution < 1.29 is 33.8 Å². The lowest BCUT2D eigenvalue weighted by Gasteiger charge is -2.35. The maximum Gasteiger partial charge on any atom is 0.406 e. The number of nitrogens with one attached hydrogen (secondary N) is 3. The summed E-state index contributed by atoms with van der Waals surface area (Å²) < 4.78 is 10.0. The van der Waals surface area contributed by atoms with Gasteiger partial charge in [0.25, 0.3) is 0 Å². The summed E-state index contributed by atoms with van der Waals surface area (Å²) in [5, 5.41) is 20.5. The van der Waals surface area contributed by atoms with Crippen molar-refractivity contribution in [3.8, 4) is 5.75 Å². The fraction of sp³-hybridized carbons (Fsp3) is 0.444. The lowest BCUT2D eigenvalue weighted by molar-refractivity contribution is -0.131. The second kappa shape index (κ2) is 20.8. The first kappa shape index (κ1) is 44.4. The molecule has 2 heterocycles. The van der Waals surface area contributed by atoms with Crippen molar-refractivity contribution in [2.75, 3.05) is 40.4 Å². The summed E-state index contributed by atoms with van der Waals surface area (Å²) in [5.41, 5.74) is 5.87. The van der Waals surface area contributed by atoms with Crippen molar-refractivity contribution in [1.29, 1.82) is 0 Å². The molecular formula is C45H59N7O7. The summed E-state index contributed by atoms with van der Waals surface area (Å²) in [7, 11) is 2.86. The number of nitrogens with zero attached hydrogens (tertiary/aromatic N) is 4. The normalized spacial score (nSPS) is 15.1. The highest BCUT2D eigenvalue weighted by Gasteiger charge is 2.41. The zero-order chi connectivity index (χ0) is 42.5. The monoisotopic (exact) mass is 809 g/mol. The van der Waals surface area contributed by atoms with Gasteiger partial charge in [-0.2, -0.15) is 0 Å². The molecule has 1 aliphatic rings. The zero-order valence-corrected chi connectivity index (χ0v) is 35.0. The number of para-hydroxylation sites is 1. The maximum absolute atomic E-state index is 14.5. The van der Waals surface area contributed by atoms with E-state index in [-0.39, 0.29) is 49.8 Å². The number of rotatable bonds is 20. The van der Waals surface area contributed by atoms with Gasteiger partial charge in [0.05, 0.1) is 31.9 Å².